The molecule has 0 fully saturated rings. The van der Waals surface area contributed by atoms with E-state index in [1.807, 2.05) is 62.4 Å². The van der Waals surface area contributed by atoms with Gasteiger partial charge in [0.15, 0.2) is 5.78 Å². The van der Waals surface area contributed by atoms with Crippen LogP contribution in [0.5, 0.6) is 0 Å². The van der Waals surface area contributed by atoms with Crippen LogP contribution in [0.4, 0.5) is 0 Å². The molecule has 3 nitrogen and oxygen atoms in total. The van der Waals surface area contributed by atoms with Crippen molar-refractivity contribution in [3.63, 3.8) is 0 Å². The molecule has 24 heavy (non-hydrogen) atoms. The highest BCUT2D eigenvalue weighted by Gasteiger charge is 2.14. The van der Waals surface area contributed by atoms with E-state index in [0.717, 1.165) is 22.0 Å². The highest BCUT2D eigenvalue weighted by Crippen LogP contribution is 2.19. The Balaban J connectivity index is 1.88. The molecule has 4 heteroatoms. The molecule has 0 aliphatic heterocycles. The molecule has 1 atom stereocenters. The Morgan fingerprint density at radius 1 is 1.00 bits per heavy atom. The van der Waals surface area contributed by atoms with Crippen molar-refractivity contribution in [2.24, 2.45) is 0 Å². The highest BCUT2D eigenvalue weighted by atomic mass is 79.9. The van der Waals surface area contributed by atoms with E-state index in [-0.39, 0.29) is 30.6 Å². The number of benzene rings is 2. The summed E-state index contributed by atoms with van der Waals surface area (Å²) in [5, 5.41) is 3.01. The van der Waals surface area contributed by atoms with E-state index >= 15 is 0 Å². The van der Waals surface area contributed by atoms with Crippen LogP contribution in [0.25, 0.3) is 0 Å². The summed E-state index contributed by atoms with van der Waals surface area (Å²) in [5.74, 6) is -0.0907. The van der Waals surface area contributed by atoms with Gasteiger partial charge < -0.3 is 5.32 Å². The largest absolute Gasteiger partial charge is 0.349 e. The van der Waals surface area contributed by atoms with Crippen LogP contribution in [0.15, 0.2) is 53.0 Å². The summed E-state index contributed by atoms with van der Waals surface area (Å²) in [4.78, 5) is 24.3. The number of amides is 1. The van der Waals surface area contributed by atoms with Gasteiger partial charge in [0.05, 0.1) is 6.04 Å². The lowest BCUT2D eigenvalue weighted by atomic mass is 10.0. The van der Waals surface area contributed by atoms with E-state index in [9.17, 15) is 9.59 Å². The Morgan fingerprint density at radius 2 is 1.62 bits per heavy atom. The molecule has 2 aromatic carbocycles. The van der Waals surface area contributed by atoms with Crippen LogP contribution in [0.1, 0.15) is 53.7 Å². The minimum absolute atomic E-state index is 0.00170. The fourth-order valence-electron chi connectivity index (χ4n) is 2.49. The third-order valence-corrected chi connectivity index (χ3v) is 4.50. The molecule has 0 saturated carbocycles. The Hall–Kier alpha value is -1.94. The third-order valence-electron chi connectivity index (χ3n) is 3.97. The molecule has 0 aromatic heterocycles. The number of carbonyl (C=O) groups excluding carboxylic acids is 2. The normalized spacial score (nSPS) is 11.8. The van der Waals surface area contributed by atoms with Gasteiger partial charge in [0.1, 0.15) is 0 Å². The fourth-order valence-corrected chi connectivity index (χ4v) is 2.76. The number of hydrogen-bond acceptors (Lipinski definition) is 2. The Kier molecular flexibility index (Phi) is 6.73. The van der Waals surface area contributed by atoms with E-state index in [1.165, 1.54) is 0 Å². The van der Waals surface area contributed by atoms with Gasteiger partial charge in [-0.05, 0) is 31.0 Å². The topological polar surface area (TPSA) is 46.2 Å². The third kappa shape index (κ3) is 5.31. The number of carbonyl (C=O) groups is 2. The maximum atomic E-state index is 12.2. The zero-order valence-electron chi connectivity index (χ0n) is 14.0. The number of nitrogens with one attached hydrogen (secondary N) is 1. The summed E-state index contributed by atoms with van der Waals surface area (Å²) < 4.78 is 1.01. The number of rotatable bonds is 7. The van der Waals surface area contributed by atoms with Gasteiger partial charge in [0.25, 0.3) is 0 Å². The van der Waals surface area contributed by atoms with E-state index in [4.69, 9.17) is 0 Å². The van der Waals surface area contributed by atoms with Crippen LogP contribution in [0, 0.1) is 6.92 Å². The van der Waals surface area contributed by atoms with Crippen LogP contribution in [-0.4, -0.2) is 11.7 Å². The highest BCUT2D eigenvalue weighted by molar-refractivity contribution is 9.10. The van der Waals surface area contributed by atoms with Crippen molar-refractivity contribution in [2.45, 2.75) is 39.2 Å². The van der Waals surface area contributed by atoms with Gasteiger partial charge in [0.2, 0.25) is 5.91 Å². The molecule has 1 unspecified atom stereocenters. The number of aryl methyl sites for hydroxylation is 1. The standard InChI is InChI=1S/C20H22BrNO2/c1-3-18(15-8-10-17(21)11-9-15)22-20(24)13-12-19(23)16-6-4-14(2)5-7-16/h4-11,18H,3,12-13H2,1-2H3,(H,22,24). The molecule has 0 heterocycles. The summed E-state index contributed by atoms with van der Waals surface area (Å²) in [6.45, 7) is 4.01. The number of hydrogen-bond donors (Lipinski definition) is 1. The van der Waals surface area contributed by atoms with Crippen LogP contribution in [-0.2, 0) is 4.79 Å². The van der Waals surface area contributed by atoms with Crippen LogP contribution < -0.4 is 5.32 Å². The van der Waals surface area contributed by atoms with Gasteiger partial charge in [-0.1, -0.05) is 64.8 Å². The van der Waals surface area contributed by atoms with Crippen molar-refractivity contribution in [2.75, 3.05) is 0 Å². The molecule has 1 amide bonds. The summed E-state index contributed by atoms with van der Waals surface area (Å²) >= 11 is 3.41. The summed E-state index contributed by atoms with van der Waals surface area (Å²) in [7, 11) is 0. The Labute approximate surface area is 151 Å². The van der Waals surface area contributed by atoms with Crippen LogP contribution >= 0.6 is 15.9 Å². The van der Waals surface area contributed by atoms with Gasteiger partial charge in [-0.3, -0.25) is 9.59 Å². The van der Waals surface area contributed by atoms with E-state index in [2.05, 4.69) is 21.2 Å². The zero-order chi connectivity index (χ0) is 17.5. The number of Topliss-reactive ketones (excluding diaryl/α,β-unsaturated/α-hetero) is 1. The molecule has 2 aromatic rings. The minimum atomic E-state index is -0.0924. The van der Waals surface area contributed by atoms with Gasteiger partial charge >= 0.3 is 0 Å². The predicted molar refractivity (Wildman–Crippen MR) is 100 cm³/mol. The lowest BCUT2D eigenvalue weighted by molar-refractivity contribution is -0.121. The number of halogens is 1. The molecule has 0 saturated heterocycles. The van der Waals surface area contributed by atoms with Crippen LogP contribution in [0.2, 0.25) is 0 Å². The smallest absolute Gasteiger partial charge is 0.220 e. The van der Waals surface area contributed by atoms with Crippen molar-refractivity contribution >= 4 is 27.6 Å². The first-order chi connectivity index (χ1) is 11.5. The molecule has 126 valence electrons. The van der Waals surface area contributed by atoms with Crippen molar-refractivity contribution in [3.8, 4) is 0 Å². The lowest BCUT2D eigenvalue weighted by Crippen LogP contribution is -2.28. The zero-order valence-corrected chi connectivity index (χ0v) is 15.6. The average Bonchev–Trinajstić information content (AvgIpc) is 2.59. The average molecular weight is 388 g/mol. The molecule has 0 bridgehead atoms. The maximum Gasteiger partial charge on any atom is 0.220 e. The minimum Gasteiger partial charge on any atom is -0.349 e. The summed E-state index contributed by atoms with van der Waals surface area (Å²) in [5.41, 5.74) is 2.84. The molecule has 0 spiro atoms. The van der Waals surface area contributed by atoms with Crippen LogP contribution in [0.3, 0.4) is 0 Å². The second kappa shape index (κ2) is 8.78. The summed E-state index contributed by atoms with van der Waals surface area (Å²) in [6.07, 6.45) is 1.24. The maximum absolute atomic E-state index is 12.2. The summed E-state index contributed by atoms with van der Waals surface area (Å²) in [6, 6.07) is 15.3. The molecule has 2 rings (SSSR count). The molecular weight excluding hydrogens is 366 g/mol. The lowest BCUT2D eigenvalue weighted by Gasteiger charge is -2.17. The molecule has 0 aliphatic rings. The molecular formula is C20H22BrNO2. The first-order valence-corrected chi connectivity index (χ1v) is 8.93. The molecule has 0 aliphatic carbocycles. The van der Waals surface area contributed by atoms with E-state index in [1.54, 1.807) is 0 Å². The van der Waals surface area contributed by atoms with Gasteiger partial charge in [-0.25, -0.2) is 0 Å². The van der Waals surface area contributed by atoms with Gasteiger partial charge in [0, 0.05) is 22.9 Å². The monoisotopic (exact) mass is 387 g/mol. The fraction of sp³-hybridized carbons (Fsp3) is 0.300. The van der Waals surface area contributed by atoms with E-state index < -0.39 is 0 Å². The van der Waals surface area contributed by atoms with Gasteiger partial charge in [-0.2, -0.15) is 0 Å². The first kappa shape index (κ1) is 18.4. The quantitative estimate of drug-likeness (QED) is 0.680. The van der Waals surface area contributed by atoms with E-state index in [0.29, 0.717) is 5.56 Å². The second-order valence-corrected chi connectivity index (χ2v) is 6.78. The van der Waals surface area contributed by atoms with Crippen molar-refractivity contribution < 1.29 is 9.59 Å². The van der Waals surface area contributed by atoms with Crippen molar-refractivity contribution in [3.05, 3.63) is 69.7 Å². The molecule has 0 radical (unpaired) electrons. The molecule has 1 N–H and O–H groups in total. The van der Waals surface area contributed by atoms with Crippen molar-refractivity contribution in [1.29, 1.82) is 0 Å². The van der Waals surface area contributed by atoms with Gasteiger partial charge in [-0.15, -0.1) is 0 Å². The predicted octanol–water partition coefficient (Wildman–Crippen LogP) is 4.99. The van der Waals surface area contributed by atoms with Crippen molar-refractivity contribution in [1.82, 2.24) is 5.32 Å². The SMILES string of the molecule is CCC(NC(=O)CCC(=O)c1ccc(C)cc1)c1ccc(Br)cc1. The Bertz CT molecular complexity index is 693. The first-order valence-electron chi connectivity index (χ1n) is 8.14. The Morgan fingerprint density at radius 3 is 2.21 bits per heavy atom. The second-order valence-electron chi connectivity index (χ2n) is 5.87. The number of ketones is 1.